The highest BCUT2D eigenvalue weighted by molar-refractivity contribution is 14.0. The molecule has 5 nitrogen and oxygen atoms in total. The van der Waals surface area contributed by atoms with E-state index in [1.165, 1.54) is 12.1 Å². The number of rotatable bonds is 4. The van der Waals surface area contributed by atoms with Crippen molar-refractivity contribution in [2.45, 2.75) is 25.4 Å². The minimum atomic E-state index is -0.260. The minimum absolute atomic E-state index is 0. The fourth-order valence-corrected chi connectivity index (χ4v) is 1.83. The Morgan fingerprint density at radius 3 is 2.71 bits per heavy atom. The highest BCUT2D eigenvalue weighted by atomic mass is 127. The van der Waals surface area contributed by atoms with Gasteiger partial charge in [-0.15, -0.1) is 24.0 Å². The average Bonchev–Trinajstić information content (AvgIpc) is 3.12. The number of guanidine groups is 1. The van der Waals surface area contributed by atoms with Crippen molar-refractivity contribution in [2.24, 2.45) is 10.7 Å². The van der Waals surface area contributed by atoms with Crippen LogP contribution in [0.1, 0.15) is 18.5 Å². The van der Waals surface area contributed by atoms with Gasteiger partial charge in [-0.2, -0.15) is 5.10 Å². The maximum Gasteiger partial charge on any atom is 0.189 e. The Balaban J connectivity index is 0.00000161. The number of benzene rings is 1. The summed E-state index contributed by atoms with van der Waals surface area (Å²) in [4.78, 5) is 4.24. The highest BCUT2D eigenvalue weighted by Gasteiger charge is 2.21. The zero-order chi connectivity index (χ0) is 13.9. The van der Waals surface area contributed by atoms with Gasteiger partial charge in [-0.25, -0.2) is 14.1 Å². The lowest BCUT2D eigenvalue weighted by Crippen LogP contribution is -2.33. The lowest BCUT2D eigenvalue weighted by atomic mass is 10.3. The Kier molecular flexibility index (Phi) is 5.16. The fourth-order valence-electron chi connectivity index (χ4n) is 1.83. The van der Waals surface area contributed by atoms with E-state index in [-0.39, 0.29) is 29.8 Å². The first-order chi connectivity index (χ1) is 9.70. The largest absolute Gasteiger partial charge is 0.370 e. The Hall–Kier alpha value is -1.64. The van der Waals surface area contributed by atoms with Gasteiger partial charge in [0.05, 0.1) is 17.9 Å². The van der Waals surface area contributed by atoms with Crippen LogP contribution in [-0.4, -0.2) is 21.8 Å². The van der Waals surface area contributed by atoms with Crippen molar-refractivity contribution >= 4 is 29.9 Å². The van der Waals surface area contributed by atoms with Crippen molar-refractivity contribution < 1.29 is 4.39 Å². The molecule has 1 aromatic carbocycles. The van der Waals surface area contributed by atoms with E-state index >= 15 is 0 Å². The number of nitrogens with two attached hydrogens (primary N) is 1. The number of aromatic nitrogens is 2. The van der Waals surface area contributed by atoms with Gasteiger partial charge in [-0.05, 0) is 43.2 Å². The van der Waals surface area contributed by atoms with Crippen molar-refractivity contribution in [1.82, 2.24) is 15.1 Å². The van der Waals surface area contributed by atoms with E-state index in [1.54, 1.807) is 16.8 Å². The summed E-state index contributed by atoms with van der Waals surface area (Å²) in [5.41, 5.74) is 7.39. The molecule has 0 radical (unpaired) electrons. The van der Waals surface area contributed by atoms with Gasteiger partial charge in [0.2, 0.25) is 0 Å². The molecular weight excluding hydrogens is 384 g/mol. The molecule has 0 aliphatic heterocycles. The summed E-state index contributed by atoms with van der Waals surface area (Å²) >= 11 is 0. The van der Waals surface area contributed by atoms with E-state index < -0.39 is 0 Å². The number of nitrogens with one attached hydrogen (secondary N) is 1. The van der Waals surface area contributed by atoms with Gasteiger partial charge >= 0.3 is 0 Å². The molecule has 0 spiro atoms. The topological polar surface area (TPSA) is 68.2 Å². The van der Waals surface area contributed by atoms with Gasteiger partial charge in [0.15, 0.2) is 5.96 Å². The third-order valence-electron chi connectivity index (χ3n) is 3.08. The molecular formula is C14H17FIN5. The first kappa shape index (κ1) is 15.7. The monoisotopic (exact) mass is 401 g/mol. The standard InChI is InChI=1S/C14H16FN5.HI/c15-10-1-5-13(6-2-10)20-8-7-12(19-20)9-17-14(16)18-11-3-4-11;/h1-2,5-8,11H,3-4,9H2,(H3,16,17,18);1H. The molecule has 21 heavy (non-hydrogen) atoms. The molecule has 7 heteroatoms. The van der Waals surface area contributed by atoms with Crippen LogP contribution in [0.15, 0.2) is 41.5 Å². The summed E-state index contributed by atoms with van der Waals surface area (Å²) in [6, 6.07) is 8.54. The maximum absolute atomic E-state index is 12.9. The van der Waals surface area contributed by atoms with Gasteiger partial charge < -0.3 is 11.1 Å². The quantitative estimate of drug-likeness (QED) is 0.469. The number of hydrogen-bond donors (Lipinski definition) is 2. The van der Waals surface area contributed by atoms with Crippen LogP contribution < -0.4 is 11.1 Å². The molecule has 112 valence electrons. The zero-order valence-corrected chi connectivity index (χ0v) is 13.7. The molecule has 1 saturated carbocycles. The number of nitrogens with zero attached hydrogens (tertiary/aromatic N) is 3. The molecule has 0 bridgehead atoms. The number of aliphatic imine (C=N–C) groups is 1. The van der Waals surface area contributed by atoms with Gasteiger partial charge in [0.25, 0.3) is 0 Å². The third kappa shape index (κ3) is 4.42. The van der Waals surface area contributed by atoms with Crippen LogP contribution >= 0.6 is 24.0 Å². The second-order valence-electron chi connectivity index (χ2n) is 4.85. The summed E-state index contributed by atoms with van der Waals surface area (Å²) in [7, 11) is 0. The minimum Gasteiger partial charge on any atom is -0.370 e. The van der Waals surface area contributed by atoms with E-state index in [0.29, 0.717) is 18.5 Å². The van der Waals surface area contributed by atoms with Crippen molar-refractivity contribution in [1.29, 1.82) is 0 Å². The molecule has 0 atom stereocenters. The maximum atomic E-state index is 12.9. The summed E-state index contributed by atoms with van der Waals surface area (Å²) in [6.07, 6.45) is 4.15. The third-order valence-corrected chi connectivity index (χ3v) is 3.08. The van der Waals surface area contributed by atoms with E-state index in [0.717, 1.165) is 24.2 Å². The molecule has 0 amide bonds. The Morgan fingerprint density at radius 2 is 2.05 bits per heavy atom. The Labute approximate surface area is 139 Å². The SMILES string of the molecule is I.NC(=NCc1ccn(-c2ccc(F)cc2)n1)NC1CC1. The predicted molar refractivity (Wildman–Crippen MR) is 90.4 cm³/mol. The Bertz CT molecular complexity index is 619. The van der Waals surface area contributed by atoms with Crippen LogP contribution in [0.2, 0.25) is 0 Å². The molecule has 3 N–H and O–H groups in total. The number of hydrogen-bond acceptors (Lipinski definition) is 2. The van der Waals surface area contributed by atoms with Crippen molar-refractivity contribution in [3.05, 3.63) is 48.0 Å². The van der Waals surface area contributed by atoms with Crippen LogP contribution in [0.4, 0.5) is 4.39 Å². The summed E-state index contributed by atoms with van der Waals surface area (Å²) in [6.45, 7) is 0.430. The van der Waals surface area contributed by atoms with Crippen molar-refractivity contribution in [3.63, 3.8) is 0 Å². The van der Waals surface area contributed by atoms with Gasteiger partial charge in [0, 0.05) is 12.2 Å². The molecule has 2 aromatic rings. The molecule has 0 saturated heterocycles. The molecule has 0 unspecified atom stereocenters. The first-order valence-corrected chi connectivity index (χ1v) is 6.58. The van der Waals surface area contributed by atoms with Crippen LogP contribution in [-0.2, 0) is 6.54 Å². The average molecular weight is 401 g/mol. The molecule has 1 aliphatic rings. The molecule has 1 fully saturated rings. The van der Waals surface area contributed by atoms with Crippen molar-refractivity contribution in [2.75, 3.05) is 0 Å². The molecule has 1 aromatic heterocycles. The van der Waals surface area contributed by atoms with Gasteiger partial charge in [-0.3, -0.25) is 0 Å². The summed E-state index contributed by atoms with van der Waals surface area (Å²) in [5, 5.41) is 7.50. The van der Waals surface area contributed by atoms with E-state index in [4.69, 9.17) is 5.73 Å². The zero-order valence-electron chi connectivity index (χ0n) is 11.4. The predicted octanol–water partition coefficient (Wildman–Crippen LogP) is 2.20. The fraction of sp³-hybridized carbons (Fsp3) is 0.286. The van der Waals surface area contributed by atoms with E-state index in [1.807, 2.05) is 12.3 Å². The van der Waals surface area contributed by atoms with Crippen molar-refractivity contribution in [3.8, 4) is 5.69 Å². The number of halogens is 2. The molecule has 3 rings (SSSR count). The second kappa shape index (κ2) is 6.88. The normalized spacial score (nSPS) is 14.6. The van der Waals surface area contributed by atoms with Crippen LogP contribution in [0.25, 0.3) is 5.69 Å². The Morgan fingerprint density at radius 1 is 1.33 bits per heavy atom. The summed E-state index contributed by atoms with van der Waals surface area (Å²) < 4.78 is 14.5. The lowest BCUT2D eigenvalue weighted by molar-refractivity contribution is 0.627. The smallest absolute Gasteiger partial charge is 0.189 e. The molecule has 1 aliphatic carbocycles. The van der Waals surface area contributed by atoms with E-state index in [9.17, 15) is 4.39 Å². The van der Waals surface area contributed by atoms with Crippen LogP contribution in [0.5, 0.6) is 0 Å². The summed E-state index contributed by atoms with van der Waals surface area (Å²) in [5.74, 6) is 0.202. The van der Waals surface area contributed by atoms with Crippen LogP contribution in [0, 0.1) is 5.82 Å². The molecule has 1 heterocycles. The highest BCUT2D eigenvalue weighted by Crippen LogP contribution is 2.18. The lowest BCUT2D eigenvalue weighted by Gasteiger charge is -2.02. The van der Waals surface area contributed by atoms with Gasteiger partial charge in [-0.1, -0.05) is 0 Å². The van der Waals surface area contributed by atoms with Gasteiger partial charge in [0.1, 0.15) is 5.82 Å². The van der Waals surface area contributed by atoms with Crippen LogP contribution in [0.3, 0.4) is 0 Å². The van der Waals surface area contributed by atoms with E-state index in [2.05, 4.69) is 15.4 Å². The second-order valence-corrected chi connectivity index (χ2v) is 4.85. The first-order valence-electron chi connectivity index (χ1n) is 6.58.